The number of morpholine rings is 1. The van der Waals surface area contributed by atoms with E-state index in [9.17, 15) is 0 Å². The third kappa shape index (κ3) is 2.96. The molecule has 1 saturated heterocycles. The van der Waals surface area contributed by atoms with Gasteiger partial charge in [-0.05, 0) is 19.1 Å². The predicted octanol–water partition coefficient (Wildman–Crippen LogP) is 3.31. The summed E-state index contributed by atoms with van der Waals surface area (Å²) in [6, 6.07) is 9.06. The number of hydrogen-bond acceptors (Lipinski definition) is 3. The molecule has 0 amide bonds. The lowest BCUT2D eigenvalue weighted by atomic mass is 9.93. The summed E-state index contributed by atoms with van der Waals surface area (Å²) in [6.07, 6.45) is 2.20. The van der Waals surface area contributed by atoms with Gasteiger partial charge in [0, 0.05) is 37.3 Å². The van der Waals surface area contributed by atoms with Crippen molar-refractivity contribution in [1.29, 1.82) is 0 Å². The highest BCUT2D eigenvalue weighted by atomic mass is 16.5. The van der Waals surface area contributed by atoms with Gasteiger partial charge in [0.2, 0.25) is 5.78 Å². The molecule has 0 radical (unpaired) electrons. The van der Waals surface area contributed by atoms with Gasteiger partial charge in [0.25, 0.3) is 0 Å². The highest BCUT2D eigenvalue weighted by molar-refractivity contribution is 5.81. The molecule has 1 fully saturated rings. The minimum atomic E-state index is 0.0494. The second-order valence-electron chi connectivity index (χ2n) is 8.14. The summed E-state index contributed by atoms with van der Waals surface area (Å²) in [5.41, 5.74) is 3.68. The summed E-state index contributed by atoms with van der Waals surface area (Å²) in [6.45, 7) is 13.6. The number of ether oxygens (including phenoxy) is 1. The highest BCUT2D eigenvalue weighted by Crippen LogP contribution is 2.27. The van der Waals surface area contributed by atoms with Crippen molar-refractivity contribution >= 4 is 16.8 Å². The fourth-order valence-electron chi connectivity index (χ4n) is 3.68. The van der Waals surface area contributed by atoms with E-state index in [2.05, 4.69) is 72.0 Å². The van der Waals surface area contributed by atoms with Gasteiger partial charge < -0.3 is 9.30 Å². The predicted molar refractivity (Wildman–Crippen MR) is 101 cm³/mol. The molecule has 2 aromatic heterocycles. The van der Waals surface area contributed by atoms with E-state index in [-0.39, 0.29) is 5.41 Å². The Morgan fingerprint density at radius 1 is 1.12 bits per heavy atom. The molecular weight excluding hydrogens is 312 g/mol. The number of rotatable bonds is 3. The molecule has 0 bridgehead atoms. The van der Waals surface area contributed by atoms with Gasteiger partial charge in [-0.25, -0.2) is 4.98 Å². The molecule has 5 nitrogen and oxygen atoms in total. The van der Waals surface area contributed by atoms with Crippen molar-refractivity contribution in [2.45, 2.75) is 45.7 Å². The number of para-hydroxylation sites is 2. The summed E-state index contributed by atoms with van der Waals surface area (Å²) in [5.74, 6) is 1.05. The van der Waals surface area contributed by atoms with E-state index in [4.69, 9.17) is 9.72 Å². The quantitative estimate of drug-likeness (QED) is 0.734. The molecule has 3 heterocycles. The number of nitrogens with zero attached hydrogens (tertiary/aromatic N) is 4. The molecule has 1 aromatic carbocycles. The molecule has 134 valence electrons. The summed E-state index contributed by atoms with van der Waals surface area (Å²) in [5, 5.41) is 0. The van der Waals surface area contributed by atoms with Crippen molar-refractivity contribution in [3.8, 4) is 0 Å². The first-order valence-electron chi connectivity index (χ1n) is 9.24. The molecular formula is C20H28N4O. The Balaban J connectivity index is 1.78. The zero-order valence-corrected chi connectivity index (χ0v) is 15.7. The lowest BCUT2D eigenvalue weighted by molar-refractivity contribution is 0.0173. The maximum Gasteiger partial charge on any atom is 0.215 e. The van der Waals surface area contributed by atoms with E-state index < -0.39 is 0 Å². The van der Waals surface area contributed by atoms with Crippen molar-refractivity contribution < 1.29 is 4.74 Å². The maximum atomic E-state index is 5.50. The van der Waals surface area contributed by atoms with Crippen LogP contribution in [0.3, 0.4) is 0 Å². The average Bonchev–Trinajstić information content (AvgIpc) is 3.15. The van der Waals surface area contributed by atoms with Gasteiger partial charge in [0.1, 0.15) is 0 Å². The number of fused-ring (bicyclic) bond motifs is 3. The smallest absolute Gasteiger partial charge is 0.215 e. The number of benzene rings is 1. The van der Waals surface area contributed by atoms with Crippen LogP contribution in [-0.2, 0) is 16.7 Å². The molecule has 0 saturated carbocycles. The number of hydrogen-bond donors (Lipinski definition) is 0. The standard InChI is InChI=1S/C20H28N4O/c1-15(22-9-11-25-12-10-22)13-23-16-7-5-6-8-17(16)24-14-18(20(2,3)4)21-19(23)24/h5-8,14-15H,9-13H2,1-4H3. The lowest BCUT2D eigenvalue weighted by Gasteiger charge is -2.32. The molecule has 0 N–H and O–H groups in total. The molecule has 0 spiro atoms. The van der Waals surface area contributed by atoms with Crippen LogP contribution >= 0.6 is 0 Å². The SMILES string of the molecule is CC(Cn1c2ccccc2n2cc(C(C)(C)C)nc12)N1CCOCC1. The first-order valence-corrected chi connectivity index (χ1v) is 9.24. The largest absolute Gasteiger partial charge is 0.379 e. The number of imidazole rings is 2. The molecule has 5 heteroatoms. The van der Waals surface area contributed by atoms with Crippen LogP contribution in [0.4, 0.5) is 0 Å². The summed E-state index contributed by atoms with van der Waals surface area (Å²) < 4.78 is 10.1. The zero-order valence-electron chi connectivity index (χ0n) is 15.7. The Morgan fingerprint density at radius 3 is 2.48 bits per heavy atom. The normalized spacial score (nSPS) is 18.2. The third-order valence-corrected chi connectivity index (χ3v) is 5.25. The first kappa shape index (κ1) is 16.6. The summed E-state index contributed by atoms with van der Waals surface area (Å²) in [4.78, 5) is 7.52. The third-order valence-electron chi connectivity index (χ3n) is 5.25. The van der Waals surface area contributed by atoms with Crippen LogP contribution in [0.1, 0.15) is 33.4 Å². The Kier molecular flexibility index (Phi) is 4.08. The van der Waals surface area contributed by atoms with Gasteiger partial charge in [-0.3, -0.25) is 9.30 Å². The van der Waals surface area contributed by atoms with Crippen LogP contribution < -0.4 is 0 Å². The van der Waals surface area contributed by atoms with Crippen molar-refractivity contribution in [1.82, 2.24) is 18.9 Å². The van der Waals surface area contributed by atoms with Crippen LogP contribution in [-0.4, -0.2) is 51.2 Å². The Bertz CT molecular complexity index is 880. The number of aromatic nitrogens is 3. The second kappa shape index (κ2) is 6.15. The van der Waals surface area contributed by atoms with Crippen LogP contribution in [0.2, 0.25) is 0 Å². The van der Waals surface area contributed by atoms with Crippen molar-refractivity contribution in [3.63, 3.8) is 0 Å². The fraction of sp³-hybridized carbons (Fsp3) is 0.550. The van der Waals surface area contributed by atoms with Crippen molar-refractivity contribution in [2.75, 3.05) is 26.3 Å². The van der Waals surface area contributed by atoms with Crippen LogP contribution in [0.15, 0.2) is 30.5 Å². The minimum absolute atomic E-state index is 0.0494. The van der Waals surface area contributed by atoms with Gasteiger partial charge in [-0.2, -0.15) is 0 Å². The molecule has 1 aliphatic rings. The Hall–Kier alpha value is -1.85. The molecule has 1 atom stereocenters. The van der Waals surface area contributed by atoms with E-state index >= 15 is 0 Å². The monoisotopic (exact) mass is 340 g/mol. The first-order chi connectivity index (χ1) is 11.9. The van der Waals surface area contributed by atoms with Gasteiger partial charge >= 0.3 is 0 Å². The Morgan fingerprint density at radius 2 is 1.80 bits per heavy atom. The van der Waals surface area contributed by atoms with Crippen LogP contribution in [0.5, 0.6) is 0 Å². The molecule has 25 heavy (non-hydrogen) atoms. The molecule has 3 aromatic rings. The van der Waals surface area contributed by atoms with Gasteiger partial charge in [-0.15, -0.1) is 0 Å². The fourth-order valence-corrected chi connectivity index (χ4v) is 3.68. The lowest BCUT2D eigenvalue weighted by Crippen LogP contribution is -2.43. The average molecular weight is 340 g/mol. The highest BCUT2D eigenvalue weighted by Gasteiger charge is 2.23. The van der Waals surface area contributed by atoms with Crippen LogP contribution in [0, 0.1) is 0 Å². The molecule has 4 rings (SSSR count). The van der Waals surface area contributed by atoms with E-state index in [1.54, 1.807) is 0 Å². The van der Waals surface area contributed by atoms with Crippen LogP contribution in [0.25, 0.3) is 16.8 Å². The Labute approximate surface area is 149 Å². The van der Waals surface area contributed by atoms with Gasteiger partial charge in [0.05, 0.1) is 29.9 Å². The van der Waals surface area contributed by atoms with Crippen molar-refractivity contribution in [3.05, 3.63) is 36.2 Å². The van der Waals surface area contributed by atoms with Gasteiger partial charge in [0.15, 0.2) is 0 Å². The molecule has 1 unspecified atom stereocenters. The summed E-state index contributed by atoms with van der Waals surface area (Å²) in [7, 11) is 0. The van der Waals surface area contributed by atoms with E-state index in [0.29, 0.717) is 6.04 Å². The second-order valence-corrected chi connectivity index (χ2v) is 8.14. The minimum Gasteiger partial charge on any atom is -0.379 e. The van der Waals surface area contributed by atoms with E-state index in [1.165, 1.54) is 11.0 Å². The topological polar surface area (TPSA) is 34.7 Å². The maximum absolute atomic E-state index is 5.50. The molecule has 0 aliphatic carbocycles. The zero-order chi connectivity index (χ0) is 17.6. The van der Waals surface area contributed by atoms with Crippen molar-refractivity contribution in [2.24, 2.45) is 0 Å². The molecule has 1 aliphatic heterocycles. The van der Waals surface area contributed by atoms with E-state index in [1.807, 2.05) is 0 Å². The van der Waals surface area contributed by atoms with E-state index in [0.717, 1.165) is 44.3 Å². The summed E-state index contributed by atoms with van der Waals surface area (Å²) >= 11 is 0. The van der Waals surface area contributed by atoms with Gasteiger partial charge in [-0.1, -0.05) is 32.9 Å².